The molecule has 0 saturated heterocycles. The number of thiocarbonyl (C=S) groups is 1. The molecule has 29 heavy (non-hydrogen) atoms. The zero-order valence-electron chi connectivity index (χ0n) is 15.4. The van der Waals surface area contributed by atoms with Gasteiger partial charge in [0, 0.05) is 11.6 Å². The molecule has 2 aromatic rings. The fourth-order valence-corrected chi connectivity index (χ4v) is 2.82. The van der Waals surface area contributed by atoms with Crippen molar-refractivity contribution in [2.75, 3.05) is 0 Å². The van der Waals surface area contributed by atoms with Crippen LogP contribution in [0.5, 0.6) is 5.75 Å². The van der Waals surface area contributed by atoms with E-state index in [0.717, 1.165) is 0 Å². The Morgan fingerprint density at radius 2 is 1.83 bits per heavy atom. The van der Waals surface area contributed by atoms with E-state index in [-0.39, 0.29) is 22.5 Å². The quantitative estimate of drug-likeness (QED) is 0.341. The van der Waals surface area contributed by atoms with Crippen molar-refractivity contribution in [1.82, 2.24) is 16.2 Å². The van der Waals surface area contributed by atoms with Gasteiger partial charge >= 0.3 is 0 Å². The van der Waals surface area contributed by atoms with E-state index in [1.54, 1.807) is 18.2 Å². The number of hydrogen-bond acceptors (Lipinski definition) is 6. The van der Waals surface area contributed by atoms with E-state index in [9.17, 15) is 19.7 Å². The highest BCUT2D eigenvalue weighted by Crippen LogP contribution is 2.27. The van der Waals surface area contributed by atoms with Gasteiger partial charge in [0.15, 0.2) is 5.11 Å². The van der Waals surface area contributed by atoms with Crippen LogP contribution in [-0.4, -0.2) is 28.0 Å². The monoisotopic (exact) mass is 480 g/mol. The first-order valence-corrected chi connectivity index (χ1v) is 9.50. The summed E-state index contributed by atoms with van der Waals surface area (Å²) < 4.78 is 6.18. The molecule has 152 valence electrons. The molecular weight excluding hydrogens is 464 g/mol. The van der Waals surface area contributed by atoms with E-state index in [1.807, 2.05) is 13.8 Å². The van der Waals surface area contributed by atoms with Gasteiger partial charge in [-0.05, 0) is 66.3 Å². The van der Waals surface area contributed by atoms with E-state index in [0.29, 0.717) is 15.8 Å². The smallest absolute Gasteiger partial charge is 0.282 e. The zero-order valence-corrected chi connectivity index (χ0v) is 17.8. The zero-order chi connectivity index (χ0) is 21.6. The second-order valence-corrected chi connectivity index (χ2v) is 7.21. The third kappa shape index (κ3) is 6.22. The Balaban J connectivity index is 1.96. The number of rotatable bonds is 5. The lowest BCUT2D eigenvalue weighted by molar-refractivity contribution is -0.385. The summed E-state index contributed by atoms with van der Waals surface area (Å²) >= 11 is 8.31. The van der Waals surface area contributed by atoms with E-state index in [4.69, 9.17) is 17.0 Å². The van der Waals surface area contributed by atoms with Gasteiger partial charge in [-0.3, -0.25) is 35.9 Å². The summed E-state index contributed by atoms with van der Waals surface area (Å²) in [5.41, 5.74) is 4.36. The minimum atomic E-state index is -0.771. The number of nitro benzene ring substituents is 1. The molecule has 0 spiro atoms. The van der Waals surface area contributed by atoms with Crippen molar-refractivity contribution in [3.05, 3.63) is 68.2 Å². The number of ether oxygens (including phenoxy) is 1. The number of carbonyl (C=O) groups excluding carboxylic acids is 2. The molecule has 0 radical (unpaired) electrons. The summed E-state index contributed by atoms with van der Waals surface area (Å²) in [4.78, 5) is 34.7. The van der Waals surface area contributed by atoms with Crippen molar-refractivity contribution >= 4 is 50.8 Å². The number of hydrazine groups is 1. The molecule has 2 amide bonds. The molecule has 0 saturated carbocycles. The Morgan fingerprint density at radius 1 is 1.14 bits per heavy atom. The largest absolute Gasteiger partial charge is 0.490 e. The molecular formula is C18H17BrN4O5S. The van der Waals surface area contributed by atoms with Crippen LogP contribution in [0.15, 0.2) is 46.9 Å². The van der Waals surface area contributed by atoms with Crippen molar-refractivity contribution < 1.29 is 19.2 Å². The average molecular weight is 481 g/mol. The highest BCUT2D eigenvalue weighted by Gasteiger charge is 2.19. The molecule has 0 unspecified atom stereocenters. The standard InChI is InChI=1S/C18H17BrN4O5S/c1-10(2)28-15-8-7-11(9-13(15)19)16(24)20-18(29)22-21-17(25)12-5-3-4-6-14(12)23(26)27/h3-10H,1-2H3,(H,21,25)(H2,20,22,24,29). The maximum Gasteiger partial charge on any atom is 0.282 e. The molecule has 9 nitrogen and oxygen atoms in total. The first-order chi connectivity index (χ1) is 13.7. The SMILES string of the molecule is CC(C)Oc1ccc(C(=O)NC(=S)NNC(=O)c2ccccc2[N+](=O)[O-])cc1Br. The molecule has 0 bridgehead atoms. The Labute approximate surface area is 180 Å². The summed E-state index contributed by atoms with van der Waals surface area (Å²) in [7, 11) is 0. The minimum absolute atomic E-state index is 0.0215. The third-order valence-corrected chi connectivity index (χ3v) is 4.24. The third-order valence-electron chi connectivity index (χ3n) is 3.42. The molecule has 0 atom stereocenters. The number of nitro groups is 1. The number of halogens is 1. The van der Waals surface area contributed by atoms with Crippen molar-refractivity contribution in [1.29, 1.82) is 0 Å². The molecule has 3 N–H and O–H groups in total. The van der Waals surface area contributed by atoms with Crippen LogP contribution in [0.4, 0.5) is 5.69 Å². The Bertz CT molecular complexity index is 967. The van der Waals surface area contributed by atoms with Crippen LogP contribution in [0.1, 0.15) is 34.6 Å². The summed E-state index contributed by atoms with van der Waals surface area (Å²) in [5.74, 6) is -0.694. The van der Waals surface area contributed by atoms with Crippen LogP contribution in [0, 0.1) is 10.1 Å². The van der Waals surface area contributed by atoms with Gasteiger partial charge in [0.25, 0.3) is 17.5 Å². The number of para-hydroxylation sites is 1. The summed E-state index contributed by atoms with van der Waals surface area (Å²) in [6.07, 6.45) is -0.0215. The first-order valence-electron chi connectivity index (χ1n) is 8.30. The maximum absolute atomic E-state index is 12.3. The predicted molar refractivity (Wildman–Crippen MR) is 114 cm³/mol. The fourth-order valence-electron chi connectivity index (χ4n) is 2.20. The number of benzene rings is 2. The van der Waals surface area contributed by atoms with Gasteiger partial charge < -0.3 is 4.74 Å². The van der Waals surface area contributed by atoms with Gasteiger partial charge in [0.05, 0.1) is 15.5 Å². The van der Waals surface area contributed by atoms with Crippen LogP contribution in [-0.2, 0) is 0 Å². The average Bonchev–Trinajstić information content (AvgIpc) is 2.67. The van der Waals surface area contributed by atoms with Crippen molar-refractivity contribution in [2.45, 2.75) is 20.0 Å². The summed E-state index contributed by atoms with van der Waals surface area (Å²) in [5, 5.41) is 13.2. The molecule has 2 rings (SSSR count). The normalized spacial score (nSPS) is 10.2. The molecule has 2 aromatic carbocycles. The maximum atomic E-state index is 12.3. The molecule has 0 aliphatic heterocycles. The molecule has 0 aliphatic rings. The van der Waals surface area contributed by atoms with Crippen LogP contribution in [0.2, 0.25) is 0 Å². The number of nitrogens with one attached hydrogen (secondary N) is 3. The molecule has 0 fully saturated rings. The molecule has 0 aliphatic carbocycles. The van der Waals surface area contributed by atoms with Crippen LogP contribution in [0.25, 0.3) is 0 Å². The number of amides is 2. The summed E-state index contributed by atoms with van der Waals surface area (Å²) in [6, 6.07) is 10.2. The number of carbonyl (C=O) groups is 2. The lowest BCUT2D eigenvalue weighted by atomic mass is 10.2. The highest BCUT2D eigenvalue weighted by atomic mass is 79.9. The lowest BCUT2D eigenvalue weighted by Gasteiger charge is -2.13. The van der Waals surface area contributed by atoms with E-state index < -0.39 is 16.7 Å². The first kappa shape index (κ1) is 22.2. The minimum Gasteiger partial charge on any atom is -0.490 e. The van der Waals surface area contributed by atoms with E-state index in [2.05, 4.69) is 32.1 Å². The number of nitrogens with zero attached hydrogens (tertiary/aromatic N) is 1. The lowest BCUT2D eigenvalue weighted by Crippen LogP contribution is -2.48. The highest BCUT2D eigenvalue weighted by molar-refractivity contribution is 9.10. The van der Waals surface area contributed by atoms with Gasteiger partial charge in [-0.2, -0.15) is 0 Å². The second-order valence-electron chi connectivity index (χ2n) is 5.95. The topological polar surface area (TPSA) is 123 Å². The fraction of sp³-hybridized carbons (Fsp3) is 0.167. The second kappa shape index (κ2) is 9.94. The molecule has 11 heteroatoms. The number of hydrogen-bond donors (Lipinski definition) is 3. The van der Waals surface area contributed by atoms with Gasteiger partial charge in [0.2, 0.25) is 0 Å². The molecule has 0 aromatic heterocycles. The van der Waals surface area contributed by atoms with Gasteiger partial charge in [0.1, 0.15) is 11.3 Å². The summed E-state index contributed by atoms with van der Waals surface area (Å²) in [6.45, 7) is 3.77. The predicted octanol–water partition coefficient (Wildman–Crippen LogP) is 3.09. The van der Waals surface area contributed by atoms with Crippen LogP contribution in [0.3, 0.4) is 0 Å². The van der Waals surface area contributed by atoms with Crippen molar-refractivity contribution in [3.63, 3.8) is 0 Å². The van der Waals surface area contributed by atoms with E-state index in [1.165, 1.54) is 24.3 Å². The Kier molecular flexibility index (Phi) is 7.62. The van der Waals surface area contributed by atoms with Gasteiger partial charge in [-0.15, -0.1) is 0 Å². The van der Waals surface area contributed by atoms with Crippen molar-refractivity contribution in [3.8, 4) is 5.75 Å². The van der Waals surface area contributed by atoms with Crippen molar-refractivity contribution in [2.24, 2.45) is 0 Å². The van der Waals surface area contributed by atoms with Gasteiger partial charge in [-0.1, -0.05) is 12.1 Å². The Morgan fingerprint density at radius 3 is 2.45 bits per heavy atom. The van der Waals surface area contributed by atoms with Gasteiger partial charge in [-0.25, -0.2) is 0 Å². The van der Waals surface area contributed by atoms with Crippen LogP contribution < -0.4 is 20.9 Å². The molecule has 0 heterocycles. The van der Waals surface area contributed by atoms with E-state index >= 15 is 0 Å². The Hall–Kier alpha value is -3.05. The van der Waals surface area contributed by atoms with Crippen LogP contribution >= 0.6 is 28.1 Å².